The summed E-state index contributed by atoms with van der Waals surface area (Å²) in [7, 11) is 1.61. The molecule has 0 aliphatic carbocycles. The molecule has 1 aromatic carbocycles. The van der Waals surface area contributed by atoms with Gasteiger partial charge in [0.2, 0.25) is 0 Å². The van der Waals surface area contributed by atoms with Crippen LogP contribution >= 0.6 is 11.3 Å². The summed E-state index contributed by atoms with van der Waals surface area (Å²) in [4.78, 5) is 27.7. The molecule has 2 amide bonds. The van der Waals surface area contributed by atoms with Gasteiger partial charge < -0.3 is 15.4 Å². The zero-order valence-electron chi connectivity index (χ0n) is 16.1. The average Bonchev–Trinajstić information content (AvgIpc) is 3.25. The van der Waals surface area contributed by atoms with Crippen LogP contribution in [0.2, 0.25) is 0 Å². The number of nitrogens with zero attached hydrogens (tertiary/aromatic N) is 1. The molecule has 0 spiro atoms. The van der Waals surface area contributed by atoms with E-state index in [0.717, 1.165) is 19.5 Å². The van der Waals surface area contributed by atoms with Crippen molar-refractivity contribution in [2.24, 2.45) is 0 Å². The Bertz CT molecular complexity index is 779. The molecule has 0 bridgehead atoms. The molecule has 28 heavy (non-hydrogen) atoms. The summed E-state index contributed by atoms with van der Waals surface area (Å²) in [5.74, 6) is -1.18. The molecule has 2 heterocycles. The third-order valence-electron chi connectivity index (χ3n) is 4.95. The number of nitrogens with one attached hydrogen (secondary N) is 2. The van der Waals surface area contributed by atoms with Crippen LogP contribution in [0.4, 0.5) is 0 Å². The van der Waals surface area contributed by atoms with E-state index in [0.29, 0.717) is 26.1 Å². The van der Waals surface area contributed by atoms with Crippen LogP contribution in [0.15, 0.2) is 41.8 Å². The van der Waals surface area contributed by atoms with Gasteiger partial charge >= 0.3 is 11.8 Å². The molecule has 1 aliphatic heterocycles. The van der Waals surface area contributed by atoms with Crippen molar-refractivity contribution >= 4 is 23.2 Å². The summed E-state index contributed by atoms with van der Waals surface area (Å²) in [5.41, 5.74) is 2.72. The first-order valence-corrected chi connectivity index (χ1v) is 10.5. The lowest BCUT2D eigenvalue weighted by molar-refractivity contribution is -0.139. The van der Waals surface area contributed by atoms with Crippen molar-refractivity contribution in [2.75, 3.05) is 33.4 Å². The maximum absolute atomic E-state index is 12.2. The van der Waals surface area contributed by atoms with Gasteiger partial charge in [0.25, 0.3) is 0 Å². The number of carbonyl (C=O) groups is 2. The van der Waals surface area contributed by atoms with Gasteiger partial charge in [-0.25, -0.2) is 0 Å². The largest absolute Gasteiger partial charge is 0.385 e. The van der Waals surface area contributed by atoms with Gasteiger partial charge in [0.15, 0.2) is 0 Å². The number of methoxy groups -OCH3 is 1. The lowest BCUT2D eigenvalue weighted by Crippen LogP contribution is -2.45. The fourth-order valence-electron chi connectivity index (χ4n) is 3.44. The monoisotopic (exact) mass is 401 g/mol. The van der Waals surface area contributed by atoms with E-state index in [-0.39, 0.29) is 6.04 Å². The molecule has 7 heteroatoms. The fourth-order valence-corrected chi connectivity index (χ4v) is 4.30. The first-order chi connectivity index (χ1) is 13.7. The Balaban J connectivity index is 1.59. The molecule has 0 saturated carbocycles. The highest BCUT2D eigenvalue weighted by atomic mass is 32.1. The van der Waals surface area contributed by atoms with E-state index in [1.807, 2.05) is 11.4 Å². The van der Waals surface area contributed by atoms with Crippen molar-refractivity contribution in [1.82, 2.24) is 15.5 Å². The minimum Gasteiger partial charge on any atom is -0.385 e. The lowest BCUT2D eigenvalue weighted by Gasteiger charge is -2.35. The second-order valence-corrected chi connectivity index (χ2v) is 7.81. The zero-order valence-corrected chi connectivity index (χ0v) is 17.0. The predicted molar refractivity (Wildman–Crippen MR) is 110 cm³/mol. The van der Waals surface area contributed by atoms with Gasteiger partial charge in [0.1, 0.15) is 0 Å². The number of thiophene rings is 1. The van der Waals surface area contributed by atoms with E-state index in [1.54, 1.807) is 18.4 Å². The van der Waals surface area contributed by atoms with Crippen LogP contribution in [0.25, 0.3) is 0 Å². The summed E-state index contributed by atoms with van der Waals surface area (Å²) < 4.78 is 4.94. The van der Waals surface area contributed by atoms with E-state index in [1.165, 1.54) is 16.0 Å². The Morgan fingerprint density at radius 1 is 1.14 bits per heavy atom. The first kappa shape index (κ1) is 20.5. The Morgan fingerprint density at radius 2 is 1.93 bits per heavy atom. The second kappa shape index (κ2) is 10.4. The molecule has 1 aromatic heterocycles. The zero-order chi connectivity index (χ0) is 19.8. The van der Waals surface area contributed by atoms with Crippen LogP contribution in [-0.2, 0) is 27.3 Å². The molecule has 3 rings (SSSR count). The van der Waals surface area contributed by atoms with E-state index < -0.39 is 11.8 Å². The quantitative estimate of drug-likeness (QED) is 0.525. The topological polar surface area (TPSA) is 70.7 Å². The highest BCUT2D eigenvalue weighted by molar-refractivity contribution is 7.10. The summed E-state index contributed by atoms with van der Waals surface area (Å²) >= 11 is 1.68. The summed E-state index contributed by atoms with van der Waals surface area (Å²) in [6, 6.07) is 12.7. The number of hydrogen-bond acceptors (Lipinski definition) is 5. The Labute approximate surface area is 169 Å². The Kier molecular flexibility index (Phi) is 7.59. The lowest BCUT2D eigenvalue weighted by atomic mass is 9.98. The van der Waals surface area contributed by atoms with Crippen LogP contribution in [0.1, 0.15) is 28.5 Å². The molecule has 2 N–H and O–H groups in total. The van der Waals surface area contributed by atoms with Crippen LogP contribution in [-0.4, -0.2) is 50.1 Å². The van der Waals surface area contributed by atoms with Crippen molar-refractivity contribution in [1.29, 1.82) is 0 Å². The van der Waals surface area contributed by atoms with Gasteiger partial charge in [0, 0.05) is 44.8 Å². The molecule has 0 unspecified atom stereocenters. The second-order valence-electron chi connectivity index (χ2n) is 6.83. The number of ether oxygens (including phenoxy) is 1. The SMILES string of the molecule is COCCCNC(=O)C(=O)NC[C@@H](c1cccs1)N1CCc2ccccc2C1. The number of carbonyl (C=O) groups excluding carboxylic acids is 2. The number of benzene rings is 1. The number of hydrogen-bond donors (Lipinski definition) is 2. The van der Waals surface area contributed by atoms with E-state index in [9.17, 15) is 9.59 Å². The third-order valence-corrected chi connectivity index (χ3v) is 5.92. The average molecular weight is 402 g/mol. The molecule has 0 radical (unpaired) electrons. The molecule has 1 atom stereocenters. The fraction of sp³-hybridized carbons (Fsp3) is 0.429. The van der Waals surface area contributed by atoms with Gasteiger partial charge in [0.05, 0.1) is 6.04 Å². The normalized spacial score (nSPS) is 14.9. The maximum atomic E-state index is 12.2. The van der Waals surface area contributed by atoms with Crippen LogP contribution in [0, 0.1) is 0 Å². The standard InChI is InChI=1S/C21H27N3O3S/c1-27-12-5-10-22-20(25)21(26)23-14-18(19-8-4-13-28-19)24-11-9-16-6-2-3-7-17(16)15-24/h2-4,6-8,13,18H,5,9-12,14-15H2,1H3,(H,22,25)(H,23,26)/t18-/m0/s1. The first-order valence-electron chi connectivity index (χ1n) is 9.58. The highest BCUT2D eigenvalue weighted by Gasteiger charge is 2.26. The van der Waals surface area contributed by atoms with Crippen molar-refractivity contribution in [3.63, 3.8) is 0 Å². The molecule has 150 valence electrons. The molecule has 0 saturated heterocycles. The Hall–Kier alpha value is -2.22. The number of rotatable bonds is 8. The van der Waals surface area contributed by atoms with Crippen molar-refractivity contribution in [3.8, 4) is 0 Å². The van der Waals surface area contributed by atoms with Crippen LogP contribution < -0.4 is 10.6 Å². The summed E-state index contributed by atoms with van der Waals surface area (Å²) in [5, 5.41) is 7.49. The molecular formula is C21H27N3O3S. The highest BCUT2D eigenvalue weighted by Crippen LogP contribution is 2.29. The van der Waals surface area contributed by atoms with Gasteiger partial charge in [-0.05, 0) is 35.4 Å². The van der Waals surface area contributed by atoms with E-state index in [2.05, 4.69) is 45.9 Å². The van der Waals surface area contributed by atoms with Crippen LogP contribution in [0.3, 0.4) is 0 Å². The predicted octanol–water partition coefficient (Wildman–Crippen LogP) is 2.12. The van der Waals surface area contributed by atoms with Crippen molar-refractivity contribution < 1.29 is 14.3 Å². The third kappa shape index (κ3) is 5.41. The molecule has 6 nitrogen and oxygen atoms in total. The molecule has 1 aliphatic rings. The van der Waals surface area contributed by atoms with Crippen molar-refractivity contribution in [2.45, 2.75) is 25.4 Å². The van der Waals surface area contributed by atoms with E-state index >= 15 is 0 Å². The molecular weight excluding hydrogens is 374 g/mol. The molecule has 0 fully saturated rings. The van der Waals surface area contributed by atoms with Gasteiger partial charge in [-0.1, -0.05) is 30.3 Å². The number of amides is 2. The maximum Gasteiger partial charge on any atom is 0.309 e. The van der Waals surface area contributed by atoms with E-state index in [4.69, 9.17) is 4.74 Å². The minimum absolute atomic E-state index is 0.0543. The van der Waals surface area contributed by atoms with Gasteiger partial charge in [-0.15, -0.1) is 11.3 Å². The van der Waals surface area contributed by atoms with Crippen molar-refractivity contribution in [3.05, 3.63) is 57.8 Å². The molecule has 2 aromatic rings. The summed E-state index contributed by atoms with van der Waals surface area (Å²) in [6.45, 7) is 3.17. The number of fused-ring (bicyclic) bond motifs is 1. The summed E-state index contributed by atoms with van der Waals surface area (Å²) in [6.07, 6.45) is 1.67. The Morgan fingerprint density at radius 3 is 2.68 bits per heavy atom. The smallest absolute Gasteiger partial charge is 0.309 e. The van der Waals surface area contributed by atoms with Crippen LogP contribution in [0.5, 0.6) is 0 Å². The van der Waals surface area contributed by atoms with Gasteiger partial charge in [-0.2, -0.15) is 0 Å². The van der Waals surface area contributed by atoms with Gasteiger partial charge in [-0.3, -0.25) is 14.5 Å². The minimum atomic E-state index is -0.593.